The molecule has 1 aromatic heterocycles. The van der Waals surface area contributed by atoms with Gasteiger partial charge in [0.2, 0.25) is 0 Å². The average Bonchev–Trinajstić information content (AvgIpc) is 2.78. The van der Waals surface area contributed by atoms with Crippen LogP contribution < -0.4 is 10.1 Å². The molecule has 0 radical (unpaired) electrons. The van der Waals surface area contributed by atoms with Crippen LogP contribution in [-0.4, -0.2) is 34.1 Å². The Morgan fingerprint density at radius 2 is 1.69 bits per heavy atom. The maximum absolute atomic E-state index is 14.3. The van der Waals surface area contributed by atoms with Crippen LogP contribution in [0.5, 0.6) is 5.75 Å². The molecule has 13 heteroatoms. The molecule has 3 aromatic rings. The second-order valence-corrected chi connectivity index (χ2v) is 7.09. The summed E-state index contributed by atoms with van der Waals surface area (Å²) in [6.45, 7) is -0.632. The number of amides is 1. The van der Waals surface area contributed by atoms with Gasteiger partial charge in [-0.05, 0) is 36.4 Å². The van der Waals surface area contributed by atoms with Crippen LogP contribution in [0.3, 0.4) is 0 Å². The number of aromatic nitrogens is 1. The highest BCUT2D eigenvalue weighted by Crippen LogP contribution is 2.40. The van der Waals surface area contributed by atoms with Crippen LogP contribution in [0, 0.1) is 5.82 Å². The number of halogens is 7. The number of aliphatic hydroxyl groups excluding tert-OH is 2. The lowest BCUT2D eigenvalue weighted by Gasteiger charge is -2.16. The minimum atomic E-state index is -5.35. The van der Waals surface area contributed by atoms with Crippen LogP contribution >= 0.6 is 0 Å². The minimum absolute atomic E-state index is 0.0503. The lowest BCUT2D eigenvalue weighted by atomic mass is 10.1. The van der Waals surface area contributed by atoms with Gasteiger partial charge in [0, 0.05) is 28.6 Å². The molecule has 0 saturated heterocycles. The normalized spacial score (nSPS) is 12.8. The summed E-state index contributed by atoms with van der Waals surface area (Å²) in [5, 5.41) is 20.6. The summed E-state index contributed by atoms with van der Waals surface area (Å²) in [5.41, 5.74) is -2.07. The Hall–Kier alpha value is -3.71. The van der Waals surface area contributed by atoms with Crippen molar-refractivity contribution in [2.24, 2.45) is 0 Å². The SMILES string of the molecule is O=C(Nc1ccc(OC(F)(F)F)c(C(F)(F)F)c1)c1ccc(-c2ncc([C@@H](O)CO)cc2F)cc1. The monoisotopic (exact) mass is 504 g/mol. The first-order valence-electron chi connectivity index (χ1n) is 9.61. The zero-order valence-corrected chi connectivity index (χ0v) is 17.3. The van der Waals surface area contributed by atoms with Crippen molar-refractivity contribution in [1.29, 1.82) is 0 Å². The Bertz CT molecular complexity index is 1210. The first-order valence-corrected chi connectivity index (χ1v) is 9.61. The van der Waals surface area contributed by atoms with Crippen molar-refractivity contribution < 1.29 is 50.5 Å². The molecule has 3 rings (SSSR count). The van der Waals surface area contributed by atoms with Gasteiger partial charge in [-0.3, -0.25) is 9.78 Å². The molecule has 0 aliphatic rings. The number of aliphatic hydroxyl groups is 2. The van der Waals surface area contributed by atoms with Gasteiger partial charge in [0.25, 0.3) is 5.91 Å². The summed E-state index contributed by atoms with van der Waals surface area (Å²) in [5.74, 6) is -3.17. The van der Waals surface area contributed by atoms with Gasteiger partial charge in [-0.15, -0.1) is 13.2 Å². The summed E-state index contributed by atoms with van der Waals surface area (Å²) >= 11 is 0. The van der Waals surface area contributed by atoms with Crippen LogP contribution in [0.4, 0.5) is 36.4 Å². The topological polar surface area (TPSA) is 91.7 Å². The molecule has 0 unspecified atom stereocenters. The number of carbonyl (C=O) groups excluding carboxylic acids is 1. The van der Waals surface area contributed by atoms with E-state index >= 15 is 0 Å². The second kappa shape index (κ2) is 9.88. The number of pyridine rings is 1. The van der Waals surface area contributed by atoms with Crippen molar-refractivity contribution in [2.45, 2.75) is 18.6 Å². The first kappa shape index (κ1) is 25.9. The van der Waals surface area contributed by atoms with Gasteiger partial charge in [0.1, 0.15) is 23.4 Å². The van der Waals surface area contributed by atoms with Crippen LogP contribution in [0.15, 0.2) is 54.7 Å². The average molecular weight is 504 g/mol. The summed E-state index contributed by atoms with van der Waals surface area (Å²) in [7, 11) is 0. The molecule has 6 nitrogen and oxygen atoms in total. The number of benzene rings is 2. The van der Waals surface area contributed by atoms with E-state index < -0.39 is 54.0 Å². The van der Waals surface area contributed by atoms with E-state index in [1.54, 1.807) is 0 Å². The van der Waals surface area contributed by atoms with Crippen LogP contribution in [0.2, 0.25) is 0 Å². The smallest absolute Gasteiger partial charge is 0.405 e. The van der Waals surface area contributed by atoms with Crippen LogP contribution in [0.25, 0.3) is 11.3 Å². The number of rotatable bonds is 6. The molecule has 0 aliphatic carbocycles. The quantitative estimate of drug-likeness (QED) is 0.407. The fourth-order valence-electron chi connectivity index (χ4n) is 2.98. The Morgan fingerprint density at radius 3 is 2.23 bits per heavy atom. The largest absolute Gasteiger partial charge is 0.573 e. The van der Waals surface area contributed by atoms with E-state index in [9.17, 15) is 40.6 Å². The third-order valence-corrected chi connectivity index (χ3v) is 4.61. The number of ether oxygens (including phenoxy) is 1. The van der Waals surface area contributed by atoms with Crippen molar-refractivity contribution in [3.63, 3.8) is 0 Å². The Labute approximate surface area is 192 Å². The summed E-state index contributed by atoms with van der Waals surface area (Å²) in [6, 6.07) is 7.60. The number of carbonyl (C=O) groups is 1. The van der Waals surface area contributed by atoms with E-state index in [4.69, 9.17) is 5.11 Å². The van der Waals surface area contributed by atoms with Crippen molar-refractivity contribution >= 4 is 11.6 Å². The van der Waals surface area contributed by atoms with Crippen molar-refractivity contribution in [3.05, 3.63) is 77.2 Å². The van der Waals surface area contributed by atoms with Gasteiger partial charge in [-0.2, -0.15) is 13.2 Å². The number of alkyl halides is 6. The molecule has 0 bridgehead atoms. The Morgan fingerprint density at radius 1 is 1.03 bits per heavy atom. The fourth-order valence-corrected chi connectivity index (χ4v) is 2.98. The first-order chi connectivity index (χ1) is 16.3. The molecule has 186 valence electrons. The van der Waals surface area contributed by atoms with Gasteiger partial charge in [-0.25, -0.2) is 4.39 Å². The third-order valence-electron chi connectivity index (χ3n) is 4.61. The minimum Gasteiger partial charge on any atom is -0.405 e. The fraction of sp³-hybridized carbons (Fsp3) is 0.182. The number of nitrogens with one attached hydrogen (secondary N) is 1. The predicted octanol–water partition coefficient (Wildman–Crippen LogP) is 5.08. The third kappa shape index (κ3) is 6.45. The molecule has 1 heterocycles. The van der Waals surface area contributed by atoms with Crippen molar-refractivity contribution in [2.75, 3.05) is 11.9 Å². The number of anilines is 1. The second-order valence-electron chi connectivity index (χ2n) is 7.09. The highest BCUT2D eigenvalue weighted by atomic mass is 19.4. The van der Waals surface area contributed by atoms with E-state index in [2.05, 4.69) is 15.0 Å². The Kier molecular flexibility index (Phi) is 7.31. The molecule has 0 spiro atoms. The molecule has 0 fully saturated rings. The zero-order chi connectivity index (χ0) is 26.0. The highest BCUT2D eigenvalue weighted by Gasteiger charge is 2.39. The molecule has 3 N–H and O–H groups in total. The van der Waals surface area contributed by atoms with Crippen LogP contribution in [0.1, 0.15) is 27.6 Å². The summed E-state index contributed by atoms with van der Waals surface area (Å²) in [6.07, 6.45) is -10.7. The lowest BCUT2D eigenvalue weighted by Crippen LogP contribution is -2.20. The lowest BCUT2D eigenvalue weighted by molar-refractivity contribution is -0.276. The number of hydrogen-bond donors (Lipinski definition) is 3. The van der Waals surface area contributed by atoms with Crippen molar-refractivity contribution in [1.82, 2.24) is 4.98 Å². The summed E-state index contributed by atoms with van der Waals surface area (Å²) < 4.78 is 94.4. The molecule has 0 saturated carbocycles. The molecule has 35 heavy (non-hydrogen) atoms. The van der Waals surface area contributed by atoms with E-state index in [1.165, 1.54) is 24.3 Å². The van der Waals surface area contributed by atoms with Gasteiger partial charge >= 0.3 is 12.5 Å². The summed E-state index contributed by atoms with van der Waals surface area (Å²) in [4.78, 5) is 16.3. The molecular weight excluding hydrogens is 489 g/mol. The number of nitrogens with zero attached hydrogens (tertiary/aromatic N) is 1. The number of hydrogen-bond acceptors (Lipinski definition) is 5. The highest BCUT2D eigenvalue weighted by molar-refractivity contribution is 6.04. The predicted molar refractivity (Wildman–Crippen MR) is 108 cm³/mol. The molecule has 2 aromatic carbocycles. The van der Waals surface area contributed by atoms with E-state index in [0.29, 0.717) is 12.1 Å². The van der Waals surface area contributed by atoms with Crippen molar-refractivity contribution in [3.8, 4) is 17.0 Å². The van der Waals surface area contributed by atoms with E-state index in [0.717, 1.165) is 18.3 Å². The van der Waals surface area contributed by atoms with Gasteiger partial charge < -0.3 is 20.3 Å². The molecule has 0 aliphatic heterocycles. The van der Waals surface area contributed by atoms with Gasteiger partial charge in [0.15, 0.2) is 0 Å². The molecule has 1 atom stereocenters. The maximum Gasteiger partial charge on any atom is 0.573 e. The van der Waals surface area contributed by atoms with Crippen LogP contribution in [-0.2, 0) is 6.18 Å². The molecular formula is C22H15F7N2O4. The van der Waals surface area contributed by atoms with E-state index in [-0.39, 0.29) is 22.4 Å². The maximum atomic E-state index is 14.3. The van der Waals surface area contributed by atoms with Gasteiger partial charge in [0.05, 0.1) is 12.2 Å². The Balaban J connectivity index is 1.80. The standard InChI is InChI=1S/C22H15F7N2O4/c23-16-7-13(17(33)10-32)9-30-19(16)11-1-3-12(4-2-11)20(34)31-14-5-6-18(35-22(27,28)29)15(8-14)21(24,25)26/h1-9,17,32-33H,10H2,(H,31,34)/t17-/m0/s1. The van der Waals surface area contributed by atoms with E-state index in [1.807, 2.05) is 0 Å². The zero-order valence-electron chi connectivity index (χ0n) is 17.3. The molecule has 1 amide bonds. The van der Waals surface area contributed by atoms with Gasteiger partial charge in [-0.1, -0.05) is 12.1 Å².